The van der Waals surface area contributed by atoms with E-state index in [1.165, 1.54) is 0 Å². The van der Waals surface area contributed by atoms with Gasteiger partial charge in [-0.1, -0.05) is 290 Å². The summed E-state index contributed by atoms with van der Waals surface area (Å²) in [6.45, 7) is 4.05. The number of hydrogen-bond donors (Lipinski definition) is 3. The maximum atomic E-state index is 13.1. The summed E-state index contributed by atoms with van der Waals surface area (Å²) in [5.74, 6) is -2.58. The van der Waals surface area contributed by atoms with Crippen LogP contribution in [-0.4, -0.2) is 96.7 Å². The summed E-state index contributed by atoms with van der Waals surface area (Å²) in [6.07, 6.45) is 102. The predicted octanol–water partition coefficient (Wildman–Crippen LogP) is 23.2. The van der Waals surface area contributed by atoms with Gasteiger partial charge >= 0.3 is 39.5 Å². The molecule has 0 aromatic heterocycles. The molecule has 0 aliphatic heterocycles. The minimum atomic E-state index is -5.04. The number of phosphoric acid groups is 2. The van der Waals surface area contributed by atoms with Crippen molar-refractivity contribution in [3.05, 3.63) is 243 Å². The van der Waals surface area contributed by atoms with Gasteiger partial charge in [0.2, 0.25) is 0 Å². The molecule has 602 valence electrons. The third kappa shape index (κ3) is 77.0. The summed E-state index contributed by atoms with van der Waals surface area (Å²) in [5.41, 5.74) is 0. The molecular weight excluding hydrogens is 1400 g/mol. The van der Waals surface area contributed by atoms with Crippen LogP contribution in [0.25, 0.3) is 0 Å². The fourth-order valence-electron chi connectivity index (χ4n) is 9.06. The smallest absolute Gasteiger partial charge is 0.462 e. The molecule has 0 bridgehead atoms. The van der Waals surface area contributed by atoms with Crippen LogP contribution in [0.15, 0.2) is 243 Å². The maximum absolute atomic E-state index is 13.1. The Morgan fingerprint density at radius 2 is 0.509 bits per heavy atom. The number of carbonyl (C=O) groups is 4. The van der Waals surface area contributed by atoms with Crippen molar-refractivity contribution in [3.63, 3.8) is 0 Å². The minimum Gasteiger partial charge on any atom is -0.462 e. The highest BCUT2D eigenvalue weighted by Crippen LogP contribution is 2.45. The lowest BCUT2D eigenvalue weighted by molar-refractivity contribution is -0.161. The number of hydrogen-bond acceptors (Lipinski definition) is 15. The minimum absolute atomic E-state index is 0.00643. The van der Waals surface area contributed by atoms with E-state index in [4.69, 9.17) is 37.0 Å². The Kier molecular flexibility index (Phi) is 72.8. The second kappa shape index (κ2) is 78.0. The van der Waals surface area contributed by atoms with E-state index < -0.39 is 97.5 Å². The molecule has 0 rings (SSSR count). The molecule has 17 nitrogen and oxygen atoms in total. The second-order valence-electron chi connectivity index (χ2n) is 24.8. The summed E-state index contributed by atoms with van der Waals surface area (Å²) in [5, 5.41) is 10.6. The molecule has 0 radical (unpaired) electrons. The molecule has 3 N–H and O–H groups in total. The van der Waals surface area contributed by atoms with Crippen molar-refractivity contribution < 1.29 is 80.2 Å². The lowest BCUT2D eigenvalue weighted by atomic mass is 10.1. The number of allylic oxidation sites excluding steroid dienone is 39. The van der Waals surface area contributed by atoms with Gasteiger partial charge < -0.3 is 33.8 Å². The van der Waals surface area contributed by atoms with Gasteiger partial charge in [0.05, 0.1) is 32.8 Å². The Hall–Kier alpha value is -7.14. The number of unbranched alkanes of at least 4 members (excludes halogenated alkanes) is 5. The van der Waals surface area contributed by atoms with Crippen molar-refractivity contribution in [2.75, 3.05) is 39.6 Å². The van der Waals surface area contributed by atoms with Gasteiger partial charge in [0.1, 0.15) is 19.3 Å². The number of aliphatic hydroxyl groups excluding tert-OH is 1. The monoisotopic (exact) mass is 1540 g/mol. The van der Waals surface area contributed by atoms with Crippen LogP contribution >= 0.6 is 15.6 Å². The number of esters is 4. The maximum Gasteiger partial charge on any atom is 0.472 e. The molecule has 5 atom stereocenters. The van der Waals surface area contributed by atoms with Crippen LogP contribution < -0.4 is 0 Å². The normalized spacial score (nSPS) is 15.1. The van der Waals surface area contributed by atoms with Crippen molar-refractivity contribution in [1.29, 1.82) is 0 Å². The molecule has 19 heteroatoms. The quantitative estimate of drug-likeness (QED) is 0.0169. The highest BCUT2D eigenvalue weighted by molar-refractivity contribution is 7.47. The van der Waals surface area contributed by atoms with Gasteiger partial charge in [-0.25, -0.2) is 9.13 Å². The molecule has 5 unspecified atom stereocenters. The third-order valence-corrected chi connectivity index (χ3v) is 16.8. The Bertz CT molecular complexity index is 3010. The first-order chi connectivity index (χ1) is 52.7. The summed E-state index contributed by atoms with van der Waals surface area (Å²) in [6, 6.07) is 0. The van der Waals surface area contributed by atoms with E-state index in [1.807, 2.05) is 54.7 Å². The van der Waals surface area contributed by atoms with Crippen LogP contribution in [-0.2, 0) is 65.4 Å². The Morgan fingerprint density at radius 3 is 0.833 bits per heavy atom. The van der Waals surface area contributed by atoms with E-state index in [1.54, 1.807) is 6.08 Å². The molecule has 0 saturated carbocycles. The molecule has 0 aliphatic rings. The fourth-order valence-corrected chi connectivity index (χ4v) is 10.6. The van der Waals surface area contributed by atoms with Crippen molar-refractivity contribution in [2.45, 2.75) is 251 Å². The molecule has 108 heavy (non-hydrogen) atoms. The lowest BCUT2D eigenvalue weighted by Gasteiger charge is -2.21. The second-order valence-corrected chi connectivity index (χ2v) is 27.7. The molecule has 0 aromatic rings. The molecule has 0 spiro atoms. The van der Waals surface area contributed by atoms with E-state index in [-0.39, 0.29) is 25.7 Å². The van der Waals surface area contributed by atoms with Crippen LogP contribution in [0.3, 0.4) is 0 Å². The molecule has 0 aliphatic carbocycles. The highest BCUT2D eigenvalue weighted by Gasteiger charge is 2.30. The van der Waals surface area contributed by atoms with Crippen molar-refractivity contribution in [1.82, 2.24) is 0 Å². The summed E-state index contributed by atoms with van der Waals surface area (Å²) >= 11 is 0. The van der Waals surface area contributed by atoms with E-state index in [0.29, 0.717) is 38.5 Å². The molecule has 0 heterocycles. The molecule has 0 fully saturated rings. The summed E-state index contributed by atoms with van der Waals surface area (Å²) < 4.78 is 68.3. The number of rotatable bonds is 70. The van der Waals surface area contributed by atoms with E-state index in [9.17, 15) is 43.2 Å². The fraction of sp³-hybridized carbons (Fsp3) is 0.506. The largest absolute Gasteiger partial charge is 0.472 e. The van der Waals surface area contributed by atoms with E-state index in [0.717, 1.165) is 141 Å². The van der Waals surface area contributed by atoms with Crippen molar-refractivity contribution in [3.8, 4) is 0 Å². The van der Waals surface area contributed by atoms with Crippen LogP contribution in [0, 0.1) is 0 Å². The zero-order valence-corrected chi connectivity index (χ0v) is 67.4. The van der Waals surface area contributed by atoms with Crippen LogP contribution in [0.5, 0.6) is 0 Å². The SMILES string of the molecule is CC/C=C\C/C=C\C/C=C\C/C=C\C/C=C\C/C=C\CCC(=O)OCC(COP(=O)(O)OCC(O)COP(=O)(O)OCC(COC(=O)C/C=C\C/C=C\C/C=C\C/C=C\C/C=C\CC)OC(=O)CCCCCCC/C=C\C/C=C\C/C=C\CC)OC(=O)CC/C=C\C/C=C\C/C=C\C/C=C\C/C=C\C/C=C\CC. The zero-order valence-electron chi connectivity index (χ0n) is 65.6. The Balaban J connectivity index is 5.63. The van der Waals surface area contributed by atoms with Gasteiger partial charge in [0, 0.05) is 19.3 Å². The Labute approximate surface area is 650 Å². The zero-order chi connectivity index (χ0) is 78.9. The topological polar surface area (TPSA) is 237 Å². The molecule has 0 aromatic carbocycles. The first-order valence-corrected chi connectivity index (χ1v) is 42.3. The van der Waals surface area contributed by atoms with Gasteiger partial charge in [-0.05, 0) is 161 Å². The van der Waals surface area contributed by atoms with Crippen molar-refractivity contribution in [2.24, 2.45) is 0 Å². The van der Waals surface area contributed by atoms with E-state index >= 15 is 0 Å². The number of ether oxygens (including phenoxy) is 4. The predicted molar refractivity (Wildman–Crippen MR) is 444 cm³/mol. The van der Waals surface area contributed by atoms with Crippen LogP contribution in [0.1, 0.15) is 233 Å². The summed E-state index contributed by atoms with van der Waals surface area (Å²) in [4.78, 5) is 72.9. The lowest BCUT2D eigenvalue weighted by Crippen LogP contribution is -2.30. The first-order valence-electron chi connectivity index (χ1n) is 39.3. The number of aliphatic hydroxyl groups is 1. The Morgan fingerprint density at radius 1 is 0.269 bits per heavy atom. The van der Waals surface area contributed by atoms with Crippen LogP contribution in [0.4, 0.5) is 0 Å². The molecule has 0 saturated heterocycles. The van der Waals surface area contributed by atoms with Crippen LogP contribution in [0.2, 0.25) is 0 Å². The molecule has 0 amide bonds. The standard InChI is InChI=1S/C89H134O17P2/c1-5-9-13-17-21-25-29-33-37-39-41-43-47-50-54-58-62-66-70-74-87(92)100-80-85(106-89(94)76-72-68-64-60-56-52-48-44-42-40-38-34-30-26-22-18-14-10-6-2)82-104-108(97,98)102-78-83(90)77-101-107(95,96)103-81-84(105-88(93)75-71-67-63-59-55-51-46-36-32-28-24-20-16-12-8-4)79-99-86(91)73-69-65-61-57-53-49-45-35-31-27-23-19-15-11-7-3/h9-16,21-28,33-38,41-46,50,52-54,56-57,62,64-66,68-69,83-85,90H,5-8,17-20,29-32,39-40,47-49,51,55,58-61,63,67,70-82H2,1-4H3,(H,95,96)(H,97,98)/b13-9-,14-10-,15-11-,16-12-,25-21-,26-22-,27-23-,28-24-,37-33-,38-34-,43-41-,44-42-,45-35-,46-36-,54-50-,56-52-,57-53-,66-62-,68-64-,69-65-. The molecular formula is C89H134O17P2. The van der Waals surface area contributed by atoms with Crippen molar-refractivity contribution >= 4 is 39.5 Å². The number of carbonyl (C=O) groups excluding carboxylic acids is 4. The summed E-state index contributed by atoms with van der Waals surface area (Å²) in [7, 11) is -10.1. The van der Waals surface area contributed by atoms with Gasteiger partial charge in [-0.3, -0.25) is 37.3 Å². The first kappa shape index (κ1) is 101. The average molecular weight is 1540 g/mol. The van der Waals surface area contributed by atoms with Gasteiger partial charge in [0.25, 0.3) is 0 Å². The van der Waals surface area contributed by atoms with Gasteiger partial charge in [-0.15, -0.1) is 0 Å². The number of phosphoric ester groups is 2. The van der Waals surface area contributed by atoms with Gasteiger partial charge in [0.15, 0.2) is 12.2 Å². The third-order valence-electron chi connectivity index (χ3n) is 14.9. The van der Waals surface area contributed by atoms with E-state index in [2.05, 4.69) is 210 Å². The van der Waals surface area contributed by atoms with Gasteiger partial charge in [-0.2, -0.15) is 0 Å². The highest BCUT2D eigenvalue weighted by atomic mass is 31.2. The average Bonchev–Trinajstić information content (AvgIpc) is 0.896.